The van der Waals surface area contributed by atoms with E-state index in [1.54, 1.807) is 12.1 Å². The average molecular weight is 399 g/mol. The van der Waals surface area contributed by atoms with Crippen LogP contribution < -0.4 is 0 Å². The van der Waals surface area contributed by atoms with E-state index in [9.17, 15) is 13.6 Å². The highest BCUT2D eigenvalue weighted by Gasteiger charge is 2.38. The lowest BCUT2D eigenvalue weighted by atomic mass is 9.85. The molecule has 3 fully saturated rings. The molecule has 3 heterocycles. The number of carbonyl (C=O) groups excluding carboxylic acids is 1. The standard InChI is InChI=1S/C24H27F2NO2/c1-24(25,26)20-9-7-18(8-10-20)21(15-17-5-3-2-4-6-17)23(28)29-22-16-27-13-11-19(22)12-14-27/h2-10,19,21-22H,11-16H2,1H3. The summed E-state index contributed by atoms with van der Waals surface area (Å²) in [6.07, 6.45) is 2.56. The lowest BCUT2D eigenvalue weighted by Gasteiger charge is -2.44. The highest BCUT2D eigenvalue weighted by atomic mass is 19.3. The second-order valence-electron chi connectivity index (χ2n) is 8.37. The molecule has 5 rings (SSSR count). The van der Waals surface area contributed by atoms with Crippen LogP contribution in [0.1, 0.15) is 42.4 Å². The number of halogens is 2. The summed E-state index contributed by atoms with van der Waals surface area (Å²) in [5.41, 5.74) is 1.69. The van der Waals surface area contributed by atoms with Crippen LogP contribution in [0, 0.1) is 5.92 Å². The van der Waals surface area contributed by atoms with Crippen molar-refractivity contribution in [2.24, 2.45) is 5.92 Å². The second-order valence-corrected chi connectivity index (χ2v) is 8.37. The molecule has 0 radical (unpaired) electrons. The maximum absolute atomic E-state index is 13.6. The number of alkyl halides is 2. The zero-order valence-corrected chi connectivity index (χ0v) is 16.7. The van der Waals surface area contributed by atoms with Gasteiger partial charge in [-0.05, 0) is 49.4 Å². The molecule has 0 amide bonds. The van der Waals surface area contributed by atoms with Gasteiger partial charge in [0, 0.05) is 19.0 Å². The van der Waals surface area contributed by atoms with E-state index in [4.69, 9.17) is 4.74 Å². The van der Waals surface area contributed by atoms with Gasteiger partial charge in [-0.1, -0.05) is 54.6 Å². The number of rotatable bonds is 6. The van der Waals surface area contributed by atoms with Gasteiger partial charge in [0.1, 0.15) is 6.10 Å². The minimum Gasteiger partial charge on any atom is -0.460 e. The summed E-state index contributed by atoms with van der Waals surface area (Å²) >= 11 is 0. The Hall–Kier alpha value is -2.27. The summed E-state index contributed by atoms with van der Waals surface area (Å²) in [5.74, 6) is -3.23. The van der Waals surface area contributed by atoms with Crippen molar-refractivity contribution in [2.45, 2.75) is 44.1 Å². The van der Waals surface area contributed by atoms with Gasteiger partial charge in [0.15, 0.2) is 0 Å². The SMILES string of the molecule is CC(F)(F)c1ccc(C(Cc2ccccc2)C(=O)OC2CN3CCC2CC3)cc1. The first-order chi connectivity index (χ1) is 13.9. The molecule has 0 aromatic heterocycles. The van der Waals surface area contributed by atoms with Crippen molar-refractivity contribution in [1.82, 2.24) is 4.90 Å². The summed E-state index contributed by atoms with van der Waals surface area (Å²) in [7, 11) is 0. The fourth-order valence-electron chi connectivity index (χ4n) is 4.47. The molecule has 3 nitrogen and oxygen atoms in total. The monoisotopic (exact) mass is 399 g/mol. The Balaban J connectivity index is 1.55. The van der Waals surface area contributed by atoms with E-state index >= 15 is 0 Å². The number of esters is 1. The molecule has 2 unspecified atom stereocenters. The van der Waals surface area contributed by atoms with Gasteiger partial charge in [-0.2, -0.15) is 0 Å². The molecule has 2 atom stereocenters. The Morgan fingerprint density at radius 3 is 2.31 bits per heavy atom. The number of benzene rings is 2. The molecule has 29 heavy (non-hydrogen) atoms. The normalized spacial score (nSPS) is 24.9. The van der Waals surface area contributed by atoms with E-state index in [1.807, 2.05) is 30.3 Å². The number of hydrogen-bond acceptors (Lipinski definition) is 3. The van der Waals surface area contributed by atoms with Gasteiger partial charge in [-0.25, -0.2) is 8.78 Å². The maximum atomic E-state index is 13.6. The van der Waals surface area contributed by atoms with Crippen LogP contribution in [0.25, 0.3) is 0 Å². The number of nitrogens with zero attached hydrogens (tertiary/aromatic N) is 1. The Labute approximate surface area is 170 Å². The topological polar surface area (TPSA) is 29.5 Å². The van der Waals surface area contributed by atoms with E-state index in [1.165, 1.54) is 12.1 Å². The van der Waals surface area contributed by atoms with Crippen LogP contribution in [0.4, 0.5) is 8.78 Å². The van der Waals surface area contributed by atoms with E-state index < -0.39 is 11.8 Å². The minimum absolute atomic E-state index is 0.0505. The van der Waals surface area contributed by atoms with E-state index in [0.717, 1.165) is 45.0 Å². The third-order valence-corrected chi connectivity index (χ3v) is 6.25. The first kappa shape index (κ1) is 20.0. The molecule has 2 bridgehead atoms. The van der Waals surface area contributed by atoms with Crippen molar-refractivity contribution >= 4 is 5.97 Å². The average Bonchev–Trinajstić information content (AvgIpc) is 2.73. The maximum Gasteiger partial charge on any atom is 0.314 e. The molecule has 3 aliphatic rings. The lowest BCUT2D eigenvalue weighted by Crippen LogP contribution is -2.52. The van der Waals surface area contributed by atoms with Crippen LogP contribution in [0.15, 0.2) is 54.6 Å². The van der Waals surface area contributed by atoms with Crippen LogP contribution >= 0.6 is 0 Å². The Morgan fingerprint density at radius 2 is 1.76 bits per heavy atom. The summed E-state index contributed by atoms with van der Waals surface area (Å²) in [4.78, 5) is 15.5. The minimum atomic E-state index is -2.90. The van der Waals surface area contributed by atoms with Crippen LogP contribution in [-0.4, -0.2) is 36.6 Å². The Bertz CT molecular complexity index is 824. The van der Waals surface area contributed by atoms with Crippen LogP contribution in [0.5, 0.6) is 0 Å². The fourth-order valence-corrected chi connectivity index (χ4v) is 4.47. The molecule has 154 valence electrons. The van der Waals surface area contributed by atoms with Crippen molar-refractivity contribution in [2.75, 3.05) is 19.6 Å². The molecule has 2 aromatic carbocycles. The number of carbonyl (C=O) groups is 1. The number of piperidine rings is 3. The smallest absolute Gasteiger partial charge is 0.314 e. The van der Waals surface area contributed by atoms with Gasteiger partial charge in [-0.15, -0.1) is 0 Å². The third kappa shape index (κ3) is 4.67. The van der Waals surface area contributed by atoms with Crippen molar-refractivity contribution in [1.29, 1.82) is 0 Å². The number of ether oxygens (including phenoxy) is 1. The molecule has 0 saturated carbocycles. The van der Waals surface area contributed by atoms with Crippen molar-refractivity contribution < 1.29 is 18.3 Å². The molecule has 0 aliphatic carbocycles. The summed E-state index contributed by atoms with van der Waals surface area (Å²) < 4.78 is 33.2. The fraction of sp³-hybridized carbons (Fsp3) is 0.458. The lowest BCUT2D eigenvalue weighted by molar-refractivity contribution is -0.160. The van der Waals surface area contributed by atoms with Gasteiger partial charge >= 0.3 is 5.97 Å². The molecule has 0 spiro atoms. The van der Waals surface area contributed by atoms with E-state index in [-0.39, 0.29) is 17.6 Å². The van der Waals surface area contributed by atoms with Crippen molar-refractivity contribution in [3.05, 3.63) is 71.3 Å². The first-order valence-electron chi connectivity index (χ1n) is 10.3. The summed E-state index contributed by atoms with van der Waals surface area (Å²) in [6, 6.07) is 15.9. The predicted octanol–water partition coefficient (Wildman–Crippen LogP) is 4.76. The number of fused-ring (bicyclic) bond motifs is 3. The van der Waals surface area contributed by atoms with E-state index in [2.05, 4.69) is 4.90 Å². The first-order valence-corrected chi connectivity index (χ1v) is 10.3. The molecule has 0 N–H and O–H groups in total. The van der Waals surface area contributed by atoms with E-state index in [0.29, 0.717) is 17.9 Å². The van der Waals surface area contributed by atoms with Gasteiger partial charge in [0.25, 0.3) is 5.92 Å². The predicted molar refractivity (Wildman–Crippen MR) is 108 cm³/mol. The van der Waals surface area contributed by atoms with Crippen LogP contribution in [0.3, 0.4) is 0 Å². The molecular formula is C24H27F2NO2. The van der Waals surface area contributed by atoms with Crippen molar-refractivity contribution in [3.8, 4) is 0 Å². The van der Waals surface area contributed by atoms with Gasteiger partial charge in [0.05, 0.1) is 5.92 Å². The van der Waals surface area contributed by atoms with Crippen LogP contribution in [0.2, 0.25) is 0 Å². The third-order valence-electron chi connectivity index (χ3n) is 6.25. The summed E-state index contributed by atoms with van der Waals surface area (Å²) in [6.45, 7) is 3.85. The van der Waals surface area contributed by atoms with Gasteiger partial charge < -0.3 is 4.74 Å². The number of hydrogen-bond donors (Lipinski definition) is 0. The molecule has 3 saturated heterocycles. The molecule has 2 aromatic rings. The Kier molecular flexibility index (Phi) is 5.68. The highest BCUT2D eigenvalue weighted by molar-refractivity contribution is 5.79. The molecular weight excluding hydrogens is 372 g/mol. The largest absolute Gasteiger partial charge is 0.460 e. The van der Waals surface area contributed by atoms with Gasteiger partial charge in [0.2, 0.25) is 0 Å². The summed E-state index contributed by atoms with van der Waals surface area (Å²) in [5, 5.41) is 0. The molecule has 3 aliphatic heterocycles. The van der Waals surface area contributed by atoms with Crippen LogP contribution in [-0.2, 0) is 21.9 Å². The zero-order chi connectivity index (χ0) is 20.4. The van der Waals surface area contributed by atoms with Crippen molar-refractivity contribution in [3.63, 3.8) is 0 Å². The second kappa shape index (κ2) is 8.23. The Morgan fingerprint density at radius 1 is 1.10 bits per heavy atom. The molecule has 5 heteroatoms. The quantitative estimate of drug-likeness (QED) is 0.656. The highest BCUT2D eigenvalue weighted by Crippen LogP contribution is 2.33. The zero-order valence-electron chi connectivity index (χ0n) is 16.7. The van der Waals surface area contributed by atoms with Gasteiger partial charge in [-0.3, -0.25) is 9.69 Å².